The number of β-amino-alcohol motifs (C(OH)–C–C–N with tert-alkyl or cyclic N) is 1. The molecule has 3 unspecified atom stereocenters. The molecule has 1 amide bonds. The first-order valence-corrected chi connectivity index (χ1v) is 12.3. The zero-order chi connectivity index (χ0) is 24.7. The minimum absolute atomic E-state index is 0.114. The average molecular weight is 485 g/mol. The maximum absolute atomic E-state index is 13.0. The highest BCUT2D eigenvalue weighted by molar-refractivity contribution is 7.89. The van der Waals surface area contributed by atoms with Gasteiger partial charge in [0.1, 0.15) is 18.0 Å². The first-order valence-electron chi connectivity index (χ1n) is 11.2. The third-order valence-corrected chi connectivity index (χ3v) is 6.72. The Morgan fingerprint density at radius 3 is 2.76 bits per heavy atom. The van der Waals surface area contributed by atoms with Crippen LogP contribution in [0.3, 0.4) is 0 Å². The van der Waals surface area contributed by atoms with Crippen molar-refractivity contribution in [2.45, 2.75) is 37.9 Å². The van der Waals surface area contributed by atoms with Crippen molar-refractivity contribution in [1.29, 1.82) is 0 Å². The summed E-state index contributed by atoms with van der Waals surface area (Å²) in [6, 6.07) is 12.9. The molecule has 3 rings (SSSR count). The molecule has 0 saturated carbocycles. The smallest absolute Gasteiger partial charge is 0.254 e. The summed E-state index contributed by atoms with van der Waals surface area (Å²) < 4.78 is 26.8. The molecular weight excluding hydrogens is 452 g/mol. The van der Waals surface area contributed by atoms with E-state index in [0.717, 1.165) is 11.1 Å². The molecule has 0 radical (unpaired) electrons. The van der Waals surface area contributed by atoms with Gasteiger partial charge < -0.3 is 24.0 Å². The van der Waals surface area contributed by atoms with E-state index in [2.05, 4.69) is 4.72 Å². The molecule has 2 aromatic carbocycles. The Morgan fingerprint density at radius 1 is 1.26 bits per heavy atom. The van der Waals surface area contributed by atoms with Gasteiger partial charge >= 0.3 is 0 Å². The summed E-state index contributed by atoms with van der Waals surface area (Å²) in [6.45, 7) is 6.47. The summed E-state index contributed by atoms with van der Waals surface area (Å²) in [7, 11) is 1.54. The SMILES string of the molecule is C/C=C\C(=C/CN[S+]([O-])c1ccccc1OC)OC1CN(C(=O)c2cc(C)ccc2C)CC1O. The van der Waals surface area contributed by atoms with Crippen LogP contribution in [0.15, 0.2) is 71.3 Å². The van der Waals surface area contributed by atoms with E-state index in [1.165, 1.54) is 7.11 Å². The lowest BCUT2D eigenvalue weighted by Gasteiger charge is -2.19. The van der Waals surface area contributed by atoms with E-state index in [0.29, 0.717) is 22.0 Å². The fourth-order valence-electron chi connectivity index (χ4n) is 3.74. The number of likely N-dealkylation sites (tertiary alicyclic amines) is 1. The molecule has 1 aliphatic heterocycles. The van der Waals surface area contributed by atoms with Crippen molar-refractivity contribution < 1.29 is 23.9 Å². The second kappa shape index (κ2) is 12.1. The van der Waals surface area contributed by atoms with Gasteiger partial charge in [-0.25, -0.2) is 0 Å². The number of amides is 1. The first-order chi connectivity index (χ1) is 16.3. The van der Waals surface area contributed by atoms with E-state index in [4.69, 9.17) is 9.47 Å². The number of aliphatic hydroxyl groups is 1. The molecule has 0 aromatic heterocycles. The van der Waals surface area contributed by atoms with Gasteiger partial charge in [0.2, 0.25) is 4.90 Å². The van der Waals surface area contributed by atoms with Gasteiger partial charge in [-0.05, 0) is 56.7 Å². The largest absolute Gasteiger partial charge is 0.593 e. The molecule has 2 aromatic rings. The number of aliphatic hydroxyl groups excluding tert-OH is 1. The number of nitrogens with one attached hydrogen (secondary N) is 1. The molecule has 1 aliphatic rings. The highest BCUT2D eigenvalue weighted by Crippen LogP contribution is 2.23. The van der Waals surface area contributed by atoms with Gasteiger partial charge in [-0.2, -0.15) is 0 Å². The fraction of sp³-hybridized carbons (Fsp3) is 0.346. The van der Waals surface area contributed by atoms with Crippen LogP contribution in [0.25, 0.3) is 0 Å². The number of allylic oxidation sites excluding steroid dienone is 2. The number of hydrogen-bond acceptors (Lipinski definition) is 6. The number of ether oxygens (including phenoxy) is 2. The van der Waals surface area contributed by atoms with Crippen LogP contribution in [-0.4, -0.2) is 59.4 Å². The lowest BCUT2D eigenvalue weighted by atomic mass is 10.0. The normalized spacial score (nSPS) is 19.5. The topological polar surface area (TPSA) is 94.1 Å². The average Bonchev–Trinajstić information content (AvgIpc) is 3.20. The standard InChI is InChI=1S/C26H32N2O5S/c1-5-8-20(13-14-27-34(31)25-10-7-6-9-23(25)32-4)33-24-17-28(16-22(24)29)26(30)21-15-18(2)11-12-19(21)3/h5-13,15,22,24,27,29H,14,16-17H2,1-4H3/b8-5-,20-13+. The van der Waals surface area contributed by atoms with Gasteiger partial charge in [0, 0.05) is 5.56 Å². The molecule has 0 spiro atoms. The Morgan fingerprint density at radius 2 is 2.03 bits per heavy atom. The quantitative estimate of drug-likeness (QED) is 0.322. The Balaban J connectivity index is 1.63. The lowest BCUT2D eigenvalue weighted by Crippen LogP contribution is -2.30. The van der Waals surface area contributed by atoms with Crippen molar-refractivity contribution in [3.8, 4) is 5.75 Å². The molecular formula is C26H32N2O5S. The summed E-state index contributed by atoms with van der Waals surface area (Å²) >= 11 is -1.47. The van der Waals surface area contributed by atoms with E-state index < -0.39 is 23.6 Å². The third-order valence-electron chi connectivity index (χ3n) is 5.55. The molecule has 0 aliphatic carbocycles. The number of rotatable bonds is 9. The van der Waals surface area contributed by atoms with Gasteiger partial charge in [0.15, 0.2) is 5.75 Å². The van der Waals surface area contributed by atoms with Crippen LogP contribution >= 0.6 is 0 Å². The van der Waals surface area contributed by atoms with Gasteiger partial charge in [0.05, 0.1) is 38.1 Å². The minimum Gasteiger partial charge on any atom is -0.593 e. The summed E-state index contributed by atoms with van der Waals surface area (Å²) in [6.07, 6.45) is 3.99. The Bertz CT molecular complexity index is 1060. The molecule has 1 heterocycles. The van der Waals surface area contributed by atoms with Crippen LogP contribution < -0.4 is 9.46 Å². The Labute approximate surface area is 204 Å². The Kier molecular flexibility index (Phi) is 9.18. The predicted molar refractivity (Wildman–Crippen MR) is 133 cm³/mol. The van der Waals surface area contributed by atoms with Gasteiger partial charge in [0.25, 0.3) is 5.91 Å². The number of para-hydroxylation sites is 1. The number of nitrogens with zero attached hydrogens (tertiary/aromatic N) is 1. The fourth-order valence-corrected chi connectivity index (χ4v) is 4.66. The summed E-state index contributed by atoms with van der Waals surface area (Å²) in [5.41, 5.74) is 2.55. The van der Waals surface area contributed by atoms with Crippen molar-refractivity contribution in [2.75, 3.05) is 26.7 Å². The molecule has 182 valence electrons. The molecule has 1 saturated heterocycles. The van der Waals surface area contributed by atoms with E-state index >= 15 is 0 Å². The number of hydrogen-bond donors (Lipinski definition) is 2. The summed E-state index contributed by atoms with van der Waals surface area (Å²) in [5, 5.41) is 10.6. The van der Waals surface area contributed by atoms with Crippen LogP contribution in [0.1, 0.15) is 28.4 Å². The Hall–Kier alpha value is -2.78. The second-order valence-corrected chi connectivity index (χ2v) is 9.39. The maximum atomic E-state index is 13.0. The van der Waals surface area contributed by atoms with Crippen LogP contribution in [0.2, 0.25) is 0 Å². The van der Waals surface area contributed by atoms with Crippen molar-refractivity contribution >= 4 is 17.3 Å². The highest BCUT2D eigenvalue weighted by atomic mass is 32.2. The van der Waals surface area contributed by atoms with Crippen molar-refractivity contribution in [1.82, 2.24) is 9.62 Å². The zero-order valence-corrected chi connectivity index (χ0v) is 20.8. The van der Waals surface area contributed by atoms with Crippen LogP contribution in [0.5, 0.6) is 5.75 Å². The molecule has 2 N–H and O–H groups in total. The monoisotopic (exact) mass is 484 g/mol. The van der Waals surface area contributed by atoms with Crippen molar-refractivity contribution in [2.24, 2.45) is 0 Å². The van der Waals surface area contributed by atoms with Crippen molar-refractivity contribution in [3.63, 3.8) is 0 Å². The van der Waals surface area contributed by atoms with Gasteiger partial charge in [-0.3, -0.25) is 4.79 Å². The third kappa shape index (κ3) is 6.42. The van der Waals surface area contributed by atoms with Crippen LogP contribution in [0, 0.1) is 13.8 Å². The summed E-state index contributed by atoms with van der Waals surface area (Å²) in [4.78, 5) is 15.2. The highest BCUT2D eigenvalue weighted by Gasteiger charge is 2.36. The number of benzene rings is 2. The van der Waals surface area contributed by atoms with Gasteiger partial charge in [-0.1, -0.05) is 35.9 Å². The van der Waals surface area contributed by atoms with E-state index in [1.807, 2.05) is 51.1 Å². The minimum atomic E-state index is -1.47. The maximum Gasteiger partial charge on any atom is 0.254 e. The lowest BCUT2D eigenvalue weighted by molar-refractivity contribution is 0.0341. The number of aryl methyl sites for hydroxylation is 2. The van der Waals surface area contributed by atoms with Crippen LogP contribution in [-0.2, 0) is 16.1 Å². The number of carbonyl (C=O) groups is 1. The predicted octanol–water partition coefficient (Wildman–Crippen LogP) is 3.29. The first kappa shape index (κ1) is 25.8. The molecule has 3 atom stereocenters. The van der Waals surface area contributed by atoms with Crippen LogP contribution in [0.4, 0.5) is 0 Å². The van der Waals surface area contributed by atoms with E-state index in [-0.39, 0.29) is 25.5 Å². The molecule has 1 fully saturated rings. The van der Waals surface area contributed by atoms with Crippen molar-refractivity contribution in [3.05, 3.63) is 83.1 Å². The molecule has 0 bridgehead atoms. The molecule has 8 heteroatoms. The van der Waals surface area contributed by atoms with Gasteiger partial charge in [-0.15, -0.1) is 4.72 Å². The number of carbonyl (C=O) groups excluding carboxylic acids is 1. The van der Waals surface area contributed by atoms with E-state index in [9.17, 15) is 14.5 Å². The zero-order valence-electron chi connectivity index (χ0n) is 20.0. The molecule has 7 nitrogen and oxygen atoms in total. The summed E-state index contributed by atoms with van der Waals surface area (Å²) in [5.74, 6) is 0.957. The second-order valence-electron chi connectivity index (χ2n) is 8.13. The van der Waals surface area contributed by atoms with E-state index in [1.54, 1.807) is 35.3 Å². The molecule has 34 heavy (non-hydrogen) atoms. The number of methoxy groups -OCH3 is 1.